The topological polar surface area (TPSA) is 29.5 Å². The Morgan fingerprint density at radius 3 is 2.43 bits per heavy atom. The molecule has 1 fully saturated rings. The molecule has 1 aromatic rings. The van der Waals surface area contributed by atoms with Crippen molar-refractivity contribution < 1.29 is 9.53 Å². The number of rotatable bonds is 7. The Kier molecular flexibility index (Phi) is 5.40. The molecular weight excluding hydrogens is 262 g/mol. The molecule has 0 aromatic heterocycles. The van der Waals surface area contributed by atoms with Crippen LogP contribution in [-0.4, -0.2) is 37.1 Å². The second-order valence-electron chi connectivity index (χ2n) is 6.54. The first-order valence-corrected chi connectivity index (χ1v) is 8.05. The van der Waals surface area contributed by atoms with Gasteiger partial charge in [-0.3, -0.25) is 0 Å². The number of nitrogens with zero attached hydrogens (tertiary/aromatic N) is 1. The first-order chi connectivity index (χ1) is 10.1. The zero-order chi connectivity index (χ0) is 15.3. The molecule has 1 aliphatic heterocycles. The van der Waals surface area contributed by atoms with E-state index in [2.05, 4.69) is 25.7 Å². The van der Waals surface area contributed by atoms with E-state index in [1.807, 2.05) is 24.3 Å². The number of hydrogen-bond acceptors (Lipinski definition) is 3. The smallest absolute Gasteiger partial charge is 0.338 e. The zero-order valence-electron chi connectivity index (χ0n) is 13.5. The third-order valence-corrected chi connectivity index (χ3v) is 4.03. The van der Waals surface area contributed by atoms with Gasteiger partial charge in [-0.2, -0.15) is 0 Å². The van der Waals surface area contributed by atoms with Crippen LogP contribution in [0.25, 0.3) is 0 Å². The van der Waals surface area contributed by atoms with E-state index in [1.54, 1.807) is 0 Å². The van der Waals surface area contributed by atoms with E-state index < -0.39 is 0 Å². The molecule has 2 rings (SSSR count). The maximum atomic E-state index is 12.1. The highest BCUT2D eigenvalue weighted by molar-refractivity contribution is 5.89. The van der Waals surface area contributed by atoms with Gasteiger partial charge in [0.1, 0.15) is 0 Å². The summed E-state index contributed by atoms with van der Waals surface area (Å²) in [5, 5.41) is 0. The highest BCUT2D eigenvalue weighted by Crippen LogP contribution is 2.30. The van der Waals surface area contributed by atoms with Crippen molar-refractivity contribution in [3.05, 3.63) is 35.4 Å². The molecule has 21 heavy (non-hydrogen) atoms. The van der Waals surface area contributed by atoms with E-state index in [0.717, 1.165) is 32.5 Å². The molecule has 0 bridgehead atoms. The van der Waals surface area contributed by atoms with Crippen LogP contribution >= 0.6 is 0 Å². The Morgan fingerprint density at radius 1 is 1.19 bits per heavy atom. The number of aryl methyl sites for hydroxylation is 1. The predicted octanol–water partition coefficient (Wildman–Crippen LogP) is 3.53. The lowest BCUT2D eigenvalue weighted by Gasteiger charge is -2.47. The maximum absolute atomic E-state index is 12.1. The van der Waals surface area contributed by atoms with Crippen LogP contribution in [0.4, 0.5) is 0 Å². The van der Waals surface area contributed by atoms with Crippen molar-refractivity contribution in [3.8, 4) is 0 Å². The summed E-state index contributed by atoms with van der Waals surface area (Å²) in [6, 6.07) is 7.79. The molecule has 1 saturated heterocycles. The van der Waals surface area contributed by atoms with E-state index in [1.165, 1.54) is 12.0 Å². The van der Waals surface area contributed by atoms with Crippen LogP contribution in [-0.2, 0) is 11.2 Å². The van der Waals surface area contributed by atoms with Gasteiger partial charge < -0.3 is 9.64 Å². The van der Waals surface area contributed by atoms with Crippen molar-refractivity contribution in [2.75, 3.05) is 26.2 Å². The van der Waals surface area contributed by atoms with Gasteiger partial charge in [0.25, 0.3) is 0 Å². The van der Waals surface area contributed by atoms with Crippen molar-refractivity contribution >= 4 is 5.97 Å². The highest BCUT2D eigenvalue weighted by Gasteiger charge is 2.39. The van der Waals surface area contributed by atoms with Gasteiger partial charge >= 0.3 is 5.97 Å². The third-order valence-electron chi connectivity index (χ3n) is 4.03. The van der Waals surface area contributed by atoms with Gasteiger partial charge in [0.2, 0.25) is 0 Å². The number of ether oxygens (including phenoxy) is 1. The molecular formula is C18H27NO2. The van der Waals surface area contributed by atoms with Crippen molar-refractivity contribution in [2.24, 2.45) is 5.41 Å². The van der Waals surface area contributed by atoms with Crippen LogP contribution in [0.3, 0.4) is 0 Å². The molecule has 3 heteroatoms. The van der Waals surface area contributed by atoms with Crippen molar-refractivity contribution in [1.29, 1.82) is 0 Å². The molecule has 0 aliphatic carbocycles. The molecule has 116 valence electrons. The van der Waals surface area contributed by atoms with E-state index in [9.17, 15) is 4.79 Å². The van der Waals surface area contributed by atoms with Gasteiger partial charge in [-0.1, -0.05) is 39.3 Å². The van der Waals surface area contributed by atoms with Crippen LogP contribution in [0.5, 0.6) is 0 Å². The second kappa shape index (κ2) is 7.08. The number of carbonyl (C=O) groups excluding carboxylic acids is 1. The average Bonchev–Trinajstić information content (AvgIpc) is 2.45. The Hall–Kier alpha value is -1.35. The highest BCUT2D eigenvalue weighted by atomic mass is 16.5. The van der Waals surface area contributed by atoms with E-state index in [0.29, 0.717) is 12.2 Å². The number of benzene rings is 1. The molecule has 1 aromatic carbocycles. The summed E-state index contributed by atoms with van der Waals surface area (Å²) < 4.78 is 5.50. The molecule has 1 heterocycles. The average molecular weight is 289 g/mol. The molecule has 0 radical (unpaired) electrons. The van der Waals surface area contributed by atoms with Gasteiger partial charge in [0.15, 0.2) is 0 Å². The SMILES string of the molecule is CCCc1ccc(C(=O)OCC2(C)CN(CCC)C2)cc1. The Bertz CT molecular complexity index is 461. The molecule has 0 atom stereocenters. The lowest BCUT2D eigenvalue weighted by molar-refractivity contribution is -0.0398. The first-order valence-electron chi connectivity index (χ1n) is 8.05. The fourth-order valence-corrected chi connectivity index (χ4v) is 3.02. The van der Waals surface area contributed by atoms with Crippen LogP contribution in [0, 0.1) is 5.41 Å². The third kappa shape index (κ3) is 4.31. The van der Waals surface area contributed by atoms with Crippen LogP contribution in [0.1, 0.15) is 49.5 Å². The minimum atomic E-state index is -0.201. The lowest BCUT2D eigenvalue weighted by atomic mass is 9.83. The van der Waals surface area contributed by atoms with Gasteiger partial charge in [-0.05, 0) is 37.1 Å². The fraction of sp³-hybridized carbons (Fsp3) is 0.611. The number of likely N-dealkylation sites (tertiary alicyclic amines) is 1. The zero-order valence-corrected chi connectivity index (χ0v) is 13.5. The summed E-state index contributed by atoms with van der Waals surface area (Å²) in [4.78, 5) is 14.5. The molecule has 0 amide bonds. The Balaban J connectivity index is 1.79. The molecule has 1 aliphatic rings. The van der Waals surface area contributed by atoms with Crippen molar-refractivity contribution in [1.82, 2.24) is 4.90 Å². The summed E-state index contributed by atoms with van der Waals surface area (Å²) >= 11 is 0. The van der Waals surface area contributed by atoms with Gasteiger partial charge in [0.05, 0.1) is 12.2 Å². The van der Waals surface area contributed by atoms with Crippen LogP contribution in [0.15, 0.2) is 24.3 Å². The summed E-state index contributed by atoms with van der Waals surface area (Å²) in [5.74, 6) is -0.201. The van der Waals surface area contributed by atoms with E-state index in [4.69, 9.17) is 4.74 Å². The minimum Gasteiger partial charge on any atom is -0.461 e. The molecule has 0 N–H and O–H groups in total. The number of hydrogen-bond donors (Lipinski definition) is 0. The molecule has 0 unspecified atom stereocenters. The lowest BCUT2D eigenvalue weighted by Crippen LogP contribution is -2.57. The maximum Gasteiger partial charge on any atom is 0.338 e. The molecule has 3 nitrogen and oxygen atoms in total. The van der Waals surface area contributed by atoms with Crippen LogP contribution < -0.4 is 0 Å². The number of esters is 1. The summed E-state index contributed by atoms with van der Waals surface area (Å²) in [7, 11) is 0. The van der Waals surface area contributed by atoms with Gasteiger partial charge in [-0.25, -0.2) is 4.79 Å². The van der Waals surface area contributed by atoms with Crippen molar-refractivity contribution in [2.45, 2.75) is 40.0 Å². The van der Waals surface area contributed by atoms with Crippen LogP contribution in [0.2, 0.25) is 0 Å². The first kappa shape index (κ1) is 16.0. The number of carbonyl (C=O) groups is 1. The van der Waals surface area contributed by atoms with E-state index >= 15 is 0 Å². The Morgan fingerprint density at radius 2 is 1.86 bits per heavy atom. The van der Waals surface area contributed by atoms with Gasteiger partial charge in [0, 0.05) is 18.5 Å². The second-order valence-corrected chi connectivity index (χ2v) is 6.54. The fourth-order valence-electron chi connectivity index (χ4n) is 3.02. The quantitative estimate of drug-likeness (QED) is 0.719. The predicted molar refractivity (Wildman–Crippen MR) is 85.6 cm³/mol. The minimum absolute atomic E-state index is 0.132. The van der Waals surface area contributed by atoms with E-state index in [-0.39, 0.29) is 11.4 Å². The summed E-state index contributed by atoms with van der Waals surface area (Å²) in [6.07, 6.45) is 3.36. The monoisotopic (exact) mass is 289 g/mol. The Labute approximate surface area is 128 Å². The standard InChI is InChI=1S/C18H27NO2/c1-4-6-15-7-9-16(10-8-15)17(20)21-14-18(3)12-19(13-18)11-5-2/h7-10H,4-6,11-14H2,1-3H3. The molecule has 0 spiro atoms. The molecule has 0 saturated carbocycles. The summed E-state index contributed by atoms with van der Waals surface area (Å²) in [6.45, 7) is 10.3. The van der Waals surface area contributed by atoms with Crippen molar-refractivity contribution in [3.63, 3.8) is 0 Å². The normalized spacial score (nSPS) is 17.3. The summed E-state index contributed by atoms with van der Waals surface area (Å²) in [5.41, 5.74) is 2.06. The largest absolute Gasteiger partial charge is 0.461 e. The van der Waals surface area contributed by atoms with Gasteiger partial charge in [-0.15, -0.1) is 0 Å².